The van der Waals surface area contributed by atoms with Crippen LogP contribution in [0.1, 0.15) is 30.5 Å². The maximum Gasteiger partial charge on any atom is 0.165 e. The molecule has 1 unspecified atom stereocenters. The molecule has 0 bridgehead atoms. The van der Waals surface area contributed by atoms with E-state index in [4.69, 9.17) is 4.74 Å². The van der Waals surface area contributed by atoms with Gasteiger partial charge in [0.15, 0.2) is 11.6 Å². The Labute approximate surface area is 124 Å². The molecule has 1 N–H and O–H groups in total. The molecular formula is C16H22FN3O. The van der Waals surface area contributed by atoms with Gasteiger partial charge in [-0.15, -0.1) is 0 Å². The molecule has 114 valence electrons. The number of hydrogen-bond donors (Lipinski definition) is 1. The summed E-state index contributed by atoms with van der Waals surface area (Å²) in [5.74, 6) is -0.0476. The highest BCUT2D eigenvalue weighted by Gasteiger charge is 2.14. The van der Waals surface area contributed by atoms with E-state index in [0.29, 0.717) is 6.42 Å². The Morgan fingerprint density at radius 1 is 1.43 bits per heavy atom. The van der Waals surface area contributed by atoms with Crippen molar-refractivity contribution in [3.05, 3.63) is 47.5 Å². The third-order valence-corrected chi connectivity index (χ3v) is 3.42. The number of benzene rings is 1. The Kier molecular flexibility index (Phi) is 5.33. The Hall–Kier alpha value is -1.88. The van der Waals surface area contributed by atoms with E-state index < -0.39 is 0 Å². The molecule has 0 aliphatic carbocycles. The summed E-state index contributed by atoms with van der Waals surface area (Å²) in [7, 11) is 3.37. The fraction of sp³-hybridized carbons (Fsp3) is 0.438. The van der Waals surface area contributed by atoms with Crippen molar-refractivity contribution in [3.8, 4) is 5.75 Å². The van der Waals surface area contributed by atoms with Crippen LogP contribution in [-0.4, -0.2) is 23.4 Å². The van der Waals surface area contributed by atoms with E-state index in [0.717, 1.165) is 24.1 Å². The zero-order chi connectivity index (χ0) is 15.2. The lowest BCUT2D eigenvalue weighted by molar-refractivity contribution is 0.386. The molecule has 21 heavy (non-hydrogen) atoms. The SMILES string of the molecule is CCCNC(Cc1ccc(OC)c(F)c1)c1cnn(C)c1. The summed E-state index contributed by atoms with van der Waals surface area (Å²) in [6, 6.07) is 5.24. The quantitative estimate of drug-likeness (QED) is 0.852. The van der Waals surface area contributed by atoms with Crippen molar-refractivity contribution in [1.82, 2.24) is 15.1 Å². The number of methoxy groups -OCH3 is 1. The summed E-state index contributed by atoms with van der Waals surface area (Å²) < 4.78 is 20.5. The molecule has 0 aliphatic heterocycles. The predicted molar refractivity (Wildman–Crippen MR) is 80.9 cm³/mol. The summed E-state index contributed by atoms with van der Waals surface area (Å²) in [5, 5.41) is 7.70. The van der Waals surface area contributed by atoms with Crippen LogP contribution >= 0.6 is 0 Å². The van der Waals surface area contributed by atoms with E-state index in [1.54, 1.807) is 10.7 Å². The van der Waals surface area contributed by atoms with Gasteiger partial charge >= 0.3 is 0 Å². The van der Waals surface area contributed by atoms with Crippen molar-refractivity contribution in [2.45, 2.75) is 25.8 Å². The van der Waals surface area contributed by atoms with Crippen LogP contribution in [0.4, 0.5) is 4.39 Å². The number of halogens is 1. The number of aromatic nitrogens is 2. The lowest BCUT2D eigenvalue weighted by Gasteiger charge is -2.17. The highest BCUT2D eigenvalue weighted by molar-refractivity contribution is 5.30. The van der Waals surface area contributed by atoms with E-state index in [2.05, 4.69) is 17.3 Å². The van der Waals surface area contributed by atoms with Crippen LogP contribution in [0.25, 0.3) is 0 Å². The monoisotopic (exact) mass is 291 g/mol. The van der Waals surface area contributed by atoms with Crippen molar-refractivity contribution < 1.29 is 9.13 Å². The fourth-order valence-corrected chi connectivity index (χ4v) is 2.32. The van der Waals surface area contributed by atoms with Crippen LogP contribution in [0.2, 0.25) is 0 Å². The number of hydrogen-bond acceptors (Lipinski definition) is 3. The lowest BCUT2D eigenvalue weighted by Crippen LogP contribution is -2.23. The van der Waals surface area contributed by atoms with Gasteiger partial charge in [-0.05, 0) is 37.1 Å². The van der Waals surface area contributed by atoms with Crippen molar-refractivity contribution >= 4 is 0 Å². The summed E-state index contributed by atoms with van der Waals surface area (Å²) in [6.45, 7) is 3.04. The minimum Gasteiger partial charge on any atom is -0.494 e. The second kappa shape index (κ2) is 7.22. The van der Waals surface area contributed by atoms with Crippen molar-refractivity contribution in [2.75, 3.05) is 13.7 Å². The normalized spacial score (nSPS) is 12.4. The molecule has 1 aromatic heterocycles. The van der Waals surface area contributed by atoms with Gasteiger partial charge in [-0.1, -0.05) is 13.0 Å². The molecule has 4 nitrogen and oxygen atoms in total. The number of nitrogens with one attached hydrogen (secondary N) is 1. The third kappa shape index (κ3) is 4.04. The van der Waals surface area contributed by atoms with E-state index >= 15 is 0 Å². The summed E-state index contributed by atoms with van der Waals surface area (Å²) in [4.78, 5) is 0. The summed E-state index contributed by atoms with van der Waals surface area (Å²) >= 11 is 0. The standard InChI is InChI=1S/C16H22FN3O/c1-4-7-18-15(13-10-19-20(2)11-13)9-12-5-6-16(21-3)14(17)8-12/h5-6,8,10-11,15,18H,4,7,9H2,1-3H3. The Bertz CT molecular complexity index is 583. The van der Waals surface area contributed by atoms with Gasteiger partial charge in [-0.2, -0.15) is 5.10 Å². The van der Waals surface area contributed by atoms with Crippen molar-refractivity contribution in [3.63, 3.8) is 0 Å². The van der Waals surface area contributed by atoms with E-state index in [1.807, 2.05) is 25.5 Å². The molecule has 1 aromatic carbocycles. The van der Waals surface area contributed by atoms with E-state index in [-0.39, 0.29) is 17.6 Å². The van der Waals surface area contributed by atoms with Gasteiger partial charge in [0, 0.05) is 24.8 Å². The van der Waals surface area contributed by atoms with Crippen LogP contribution in [0.5, 0.6) is 5.75 Å². The van der Waals surface area contributed by atoms with Gasteiger partial charge in [0.2, 0.25) is 0 Å². The first-order chi connectivity index (χ1) is 10.1. The number of aryl methyl sites for hydroxylation is 1. The Morgan fingerprint density at radius 3 is 2.81 bits per heavy atom. The van der Waals surface area contributed by atoms with Gasteiger partial charge in [0.1, 0.15) is 0 Å². The largest absolute Gasteiger partial charge is 0.494 e. The average molecular weight is 291 g/mol. The van der Waals surface area contributed by atoms with E-state index in [9.17, 15) is 4.39 Å². The van der Waals surface area contributed by atoms with Gasteiger partial charge in [0.25, 0.3) is 0 Å². The number of nitrogens with zero attached hydrogens (tertiary/aromatic N) is 2. The molecule has 2 rings (SSSR count). The van der Waals surface area contributed by atoms with Crippen LogP contribution in [0, 0.1) is 5.82 Å². The molecule has 0 saturated carbocycles. The zero-order valence-corrected chi connectivity index (χ0v) is 12.8. The van der Waals surface area contributed by atoms with Crippen LogP contribution in [0.15, 0.2) is 30.6 Å². The van der Waals surface area contributed by atoms with Gasteiger partial charge in [-0.25, -0.2) is 4.39 Å². The van der Waals surface area contributed by atoms with Gasteiger partial charge in [0.05, 0.1) is 13.3 Å². The zero-order valence-electron chi connectivity index (χ0n) is 12.8. The molecule has 0 radical (unpaired) electrons. The topological polar surface area (TPSA) is 39.1 Å². The Balaban J connectivity index is 2.16. The molecule has 2 aromatic rings. The van der Waals surface area contributed by atoms with Crippen LogP contribution < -0.4 is 10.1 Å². The minimum atomic E-state index is -0.324. The van der Waals surface area contributed by atoms with Crippen molar-refractivity contribution in [2.24, 2.45) is 7.05 Å². The predicted octanol–water partition coefficient (Wildman–Crippen LogP) is 2.85. The first-order valence-corrected chi connectivity index (χ1v) is 7.18. The molecule has 5 heteroatoms. The lowest BCUT2D eigenvalue weighted by atomic mass is 10.0. The maximum absolute atomic E-state index is 13.8. The first kappa shape index (κ1) is 15.5. The molecule has 1 heterocycles. The summed E-state index contributed by atoms with van der Waals surface area (Å²) in [6.07, 6.45) is 5.61. The Morgan fingerprint density at radius 2 is 2.24 bits per heavy atom. The van der Waals surface area contributed by atoms with Crippen LogP contribution in [-0.2, 0) is 13.5 Å². The number of rotatable bonds is 7. The molecular weight excluding hydrogens is 269 g/mol. The molecule has 0 saturated heterocycles. The van der Waals surface area contributed by atoms with Crippen LogP contribution in [0.3, 0.4) is 0 Å². The van der Waals surface area contributed by atoms with Crippen molar-refractivity contribution in [1.29, 1.82) is 0 Å². The molecule has 0 aliphatic rings. The second-order valence-corrected chi connectivity index (χ2v) is 5.13. The molecule has 1 atom stereocenters. The van der Waals surface area contributed by atoms with Gasteiger partial charge < -0.3 is 10.1 Å². The maximum atomic E-state index is 13.8. The molecule has 0 fully saturated rings. The highest BCUT2D eigenvalue weighted by Crippen LogP contribution is 2.22. The number of ether oxygens (including phenoxy) is 1. The van der Waals surface area contributed by atoms with E-state index in [1.165, 1.54) is 13.2 Å². The van der Waals surface area contributed by atoms with Gasteiger partial charge in [-0.3, -0.25) is 4.68 Å². The summed E-state index contributed by atoms with van der Waals surface area (Å²) in [5.41, 5.74) is 2.05. The molecule has 0 amide bonds. The smallest absolute Gasteiger partial charge is 0.165 e. The highest BCUT2D eigenvalue weighted by atomic mass is 19.1. The minimum absolute atomic E-state index is 0.131. The second-order valence-electron chi connectivity index (χ2n) is 5.13. The average Bonchev–Trinajstić information content (AvgIpc) is 2.90. The third-order valence-electron chi connectivity index (χ3n) is 3.42. The fourth-order valence-electron chi connectivity index (χ4n) is 2.32. The molecule has 0 spiro atoms. The first-order valence-electron chi connectivity index (χ1n) is 7.18.